The molecule has 1 atom stereocenters. The van der Waals surface area contributed by atoms with Gasteiger partial charge >= 0.3 is 6.18 Å². The van der Waals surface area contributed by atoms with Gasteiger partial charge in [-0.2, -0.15) is 13.2 Å². The minimum Gasteiger partial charge on any atom is -0.396 e. The number of alkyl halides is 3. The second-order valence-corrected chi connectivity index (χ2v) is 5.73. The van der Waals surface area contributed by atoms with Gasteiger partial charge in [-0.05, 0) is 23.5 Å². The Morgan fingerprint density at radius 2 is 1.67 bits per heavy atom. The molecule has 1 aromatic carbocycles. The zero-order valence-electron chi connectivity index (χ0n) is 10.9. The monoisotopic (exact) mass is 260 g/mol. The molecule has 1 N–H and O–H groups in total. The second-order valence-electron chi connectivity index (χ2n) is 5.73. The van der Waals surface area contributed by atoms with Gasteiger partial charge in [0, 0.05) is 12.5 Å². The van der Waals surface area contributed by atoms with E-state index in [9.17, 15) is 18.3 Å². The van der Waals surface area contributed by atoms with Gasteiger partial charge in [0.05, 0.1) is 5.56 Å². The maximum atomic E-state index is 12.9. The Labute approximate surface area is 106 Å². The van der Waals surface area contributed by atoms with Crippen molar-refractivity contribution in [3.63, 3.8) is 0 Å². The van der Waals surface area contributed by atoms with E-state index in [0.717, 1.165) is 6.07 Å². The summed E-state index contributed by atoms with van der Waals surface area (Å²) in [4.78, 5) is 0. The maximum Gasteiger partial charge on any atom is 0.416 e. The summed E-state index contributed by atoms with van der Waals surface area (Å²) >= 11 is 0. The quantitative estimate of drug-likeness (QED) is 0.862. The molecule has 1 rings (SSSR count). The van der Waals surface area contributed by atoms with Crippen LogP contribution >= 0.6 is 0 Å². The summed E-state index contributed by atoms with van der Waals surface area (Å²) < 4.78 is 38.7. The molecule has 0 spiro atoms. The lowest BCUT2D eigenvalue weighted by molar-refractivity contribution is -0.138. The zero-order valence-corrected chi connectivity index (χ0v) is 10.9. The van der Waals surface area contributed by atoms with Crippen LogP contribution in [0.1, 0.15) is 44.2 Å². The van der Waals surface area contributed by atoms with Crippen molar-refractivity contribution >= 4 is 0 Å². The fourth-order valence-electron chi connectivity index (χ4n) is 2.12. The van der Waals surface area contributed by atoms with Crippen LogP contribution in [0.2, 0.25) is 0 Å². The molecule has 1 unspecified atom stereocenters. The molecule has 0 radical (unpaired) electrons. The van der Waals surface area contributed by atoms with Crippen molar-refractivity contribution < 1.29 is 18.3 Å². The Morgan fingerprint density at radius 3 is 2.11 bits per heavy atom. The average molecular weight is 260 g/mol. The van der Waals surface area contributed by atoms with Crippen LogP contribution in [0, 0.1) is 5.41 Å². The highest BCUT2D eigenvalue weighted by molar-refractivity contribution is 5.33. The number of hydrogen-bond donors (Lipinski definition) is 1. The standard InChI is InChI=1S/C14H19F3O/c1-13(2,3)8-10(9-18)11-6-4-5-7-12(11)14(15,16)17/h4-7,10,18H,8-9H2,1-3H3. The van der Waals surface area contributed by atoms with Gasteiger partial charge in [0.15, 0.2) is 0 Å². The number of aliphatic hydroxyl groups is 1. The van der Waals surface area contributed by atoms with Crippen molar-refractivity contribution in [1.82, 2.24) is 0 Å². The highest BCUT2D eigenvalue weighted by atomic mass is 19.4. The van der Waals surface area contributed by atoms with Crippen LogP contribution in [0.15, 0.2) is 24.3 Å². The van der Waals surface area contributed by atoms with Crippen LogP contribution in [-0.4, -0.2) is 11.7 Å². The third-order valence-corrected chi connectivity index (χ3v) is 2.79. The number of benzene rings is 1. The molecule has 0 fully saturated rings. The maximum absolute atomic E-state index is 12.9. The van der Waals surface area contributed by atoms with Crippen molar-refractivity contribution in [2.24, 2.45) is 5.41 Å². The third kappa shape index (κ3) is 4.02. The van der Waals surface area contributed by atoms with Gasteiger partial charge in [0.25, 0.3) is 0 Å². The summed E-state index contributed by atoms with van der Waals surface area (Å²) in [6.07, 6.45) is -3.86. The molecule has 0 aliphatic carbocycles. The Hall–Kier alpha value is -1.03. The van der Waals surface area contributed by atoms with E-state index in [1.54, 1.807) is 6.07 Å². The predicted octanol–water partition coefficient (Wildman–Crippen LogP) is 4.22. The summed E-state index contributed by atoms with van der Waals surface area (Å²) in [6, 6.07) is 5.48. The molecule has 4 heteroatoms. The van der Waals surface area contributed by atoms with E-state index in [-0.39, 0.29) is 17.6 Å². The summed E-state index contributed by atoms with van der Waals surface area (Å²) in [5.74, 6) is -0.483. The van der Waals surface area contributed by atoms with E-state index in [1.807, 2.05) is 20.8 Å². The lowest BCUT2D eigenvalue weighted by Gasteiger charge is -2.27. The Kier molecular flexibility index (Phi) is 4.43. The molecule has 0 saturated carbocycles. The lowest BCUT2D eigenvalue weighted by Crippen LogP contribution is -2.19. The lowest BCUT2D eigenvalue weighted by atomic mass is 9.80. The molecule has 1 nitrogen and oxygen atoms in total. The number of hydrogen-bond acceptors (Lipinski definition) is 1. The number of aliphatic hydroxyl groups excluding tert-OH is 1. The van der Waals surface area contributed by atoms with Crippen LogP contribution in [0.25, 0.3) is 0 Å². The first-order valence-corrected chi connectivity index (χ1v) is 5.92. The van der Waals surface area contributed by atoms with E-state index in [1.165, 1.54) is 12.1 Å². The van der Waals surface area contributed by atoms with Gasteiger partial charge in [-0.1, -0.05) is 39.0 Å². The first kappa shape index (κ1) is 15.0. The van der Waals surface area contributed by atoms with Crippen molar-refractivity contribution in [1.29, 1.82) is 0 Å². The molecule has 0 amide bonds. The highest BCUT2D eigenvalue weighted by Gasteiger charge is 2.35. The summed E-state index contributed by atoms with van der Waals surface area (Å²) in [5.41, 5.74) is -0.595. The van der Waals surface area contributed by atoms with E-state index < -0.39 is 17.7 Å². The largest absolute Gasteiger partial charge is 0.416 e. The first-order valence-electron chi connectivity index (χ1n) is 5.92. The minimum atomic E-state index is -4.37. The predicted molar refractivity (Wildman–Crippen MR) is 65.3 cm³/mol. The highest BCUT2D eigenvalue weighted by Crippen LogP contribution is 2.38. The zero-order chi connectivity index (χ0) is 14.0. The van der Waals surface area contributed by atoms with Crippen LogP contribution in [-0.2, 0) is 6.18 Å². The topological polar surface area (TPSA) is 20.2 Å². The summed E-state index contributed by atoms with van der Waals surface area (Å²) in [7, 11) is 0. The van der Waals surface area contributed by atoms with Gasteiger partial charge in [-0.3, -0.25) is 0 Å². The molecule has 0 saturated heterocycles. The van der Waals surface area contributed by atoms with Crippen molar-refractivity contribution in [3.8, 4) is 0 Å². The number of halogens is 3. The summed E-state index contributed by atoms with van der Waals surface area (Å²) in [6.45, 7) is 5.58. The fourth-order valence-corrected chi connectivity index (χ4v) is 2.12. The first-order chi connectivity index (χ1) is 8.15. The van der Waals surface area contributed by atoms with Crippen LogP contribution in [0.4, 0.5) is 13.2 Å². The van der Waals surface area contributed by atoms with Crippen LogP contribution in [0.5, 0.6) is 0 Å². The van der Waals surface area contributed by atoms with Crippen molar-refractivity contribution in [2.45, 2.75) is 39.3 Å². The third-order valence-electron chi connectivity index (χ3n) is 2.79. The van der Waals surface area contributed by atoms with Crippen LogP contribution in [0.3, 0.4) is 0 Å². The van der Waals surface area contributed by atoms with E-state index in [4.69, 9.17) is 0 Å². The molecule has 0 bridgehead atoms. The van der Waals surface area contributed by atoms with E-state index in [0.29, 0.717) is 6.42 Å². The van der Waals surface area contributed by atoms with Gasteiger partial charge in [-0.25, -0.2) is 0 Å². The van der Waals surface area contributed by atoms with Gasteiger partial charge < -0.3 is 5.11 Å². The second kappa shape index (κ2) is 5.31. The normalized spacial score (nSPS) is 14.6. The molecular formula is C14H19F3O. The molecular weight excluding hydrogens is 241 g/mol. The molecule has 0 aliphatic heterocycles. The van der Waals surface area contributed by atoms with E-state index in [2.05, 4.69) is 0 Å². The molecule has 1 aromatic rings. The molecule has 0 aliphatic rings. The summed E-state index contributed by atoms with van der Waals surface area (Å²) in [5, 5.41) is 9.37. The molecule has 102 valence electrons. The van der Waals surface area contributed by atoms with Gasteiger partial charge in [-0.15, -0.1) is 0 Å². The number of rotatable bonds is 3. The minimum absolute atomic E-state index is 0.133. The SMILES string of the molecule is CC(C)(C)CC(CO)c1ccccc1C(F)(F)F. The molecule has 0 aromatic heterocycles. The van der Waals surface area contributed by atoms with Crippen LogP contribution < -0.4 is 0 Å². The van der Waals surface area contributed by atoms with Gasteiger partial charge in [0.2, 0.25) is 0 Å². The molecule has 18 heavy (non-hydrogen) atoms. The Bertz CT molecular complexity index is 391. The average Bonchev–Trinajstić information content (AvgIpc) is 2.23. The molecule has 0 heterocycles. The van der Waals surface area contributed by atoms with Gasteiger partial charge in [0.1, 0.15) is 0 Å². The van der Waals surface area contributed by atoms with Crippen molar-refractivity contribution in [3.05, 3.63) is 35.4 Å². The smallest absolute Gasteiger partial charge is 0.396 e. The van der Waals surface area contributed by atoms with E-state index >= 15 is 0 Å². The Morgan fingerprint density at radius 1 is 1.11 bits per heavy atom. The fraction of sp³-hybridized carbons (Fsp3) is 0.571. The van der Waals surface area contributed by atoms with Crippen molar-refractivity contribution in [2.75, 3.05) is 6.61 Å². The Balaban J connectivity index is 3.14.